The van der Waals surface area contributed by atoms with Crippen molar-refractivity contribution in [2.45, 2.75) is 12.8 Å². The molecule has 0 radical (unpaired) electrons. The van der Waals surface area contributed by atoms with Crippen LogP contribution in [0.4, 0.5) is 5.82 Å². The first kappa shape index (κ1) is 10.6. The fourth-order valence-electron chi connectivity index (χ4n) is 1.84. The summed E-state index contributed by atoms with van der Waals surface area (Å²) in [6, 6.07) is 1.78. The lowest BCUT2D eigenvalue weighted by Gasteiger charge is -2.31. The van der Waals surface area contributed by atoms with Gasteiger partial charge in [-0.05, 0) is 18.8 Å². The Morgan fingerprint density at radius 3 is 2.73 bits per heavy atom. The summed E-state index contributed by atoms with van der Waals surface area (Å²) in [4.78, 5) is 10.2. The molecule has 0 unspecified atom stereocenters. The Morgan fingerprint density at radius 2 is 2.13 bits per heavy atom. The van der Waals surface area contributed by atoms with Gasteiger partial charge in [0.2, 0.25) is 0 Å². The summed E-state index contributed by atoms with van der Waals surface area (Å²) in [5, 5.41) is 9.50. The van der Waals surface area contributed by atoms with Gasteiger partial charge in [0.25, 0.3) is 0 Å². The van der Waals surface area contributed by atoms with Crippen molar-refractivity contribution >= 4 is 17.4 Å². The van der Waals surface area contributed by atoms with E-state index in [0.717, 1.165) is 31.7 Å². The van der Waals surface area contributed by atoms with Gasteiger partial charge in [0.05, 0.1) is 0 Å². The molecule has 0 aliphatic carbocycles. The third-order valence-corrected chi connectivity index (χ3v) is 3.02. The predicted molar refractivity (Wildman–Crippen MR) is 59.1 cm³/mol. The Labute approximate surface area is 93.9 Å². The molecule has 0 amide bonds. The molecule has 1 aliphatic rings. The summed E-state index contributed by atoms with van der Waals surface area (Å²) in [5.41, 5.74) is 0. The molecule has 1 aromatic rings. The SMILES string of the molecule is OCC1CCN(c2cc(Cl)ncn2)CC1. The largest absolute Gasteiger partial charge is 0.396 e. The van der Waals surface area contributed by atoms with Crippen molar-refractivity contribution in [2.24, 2.45) is 5.92 Å². The Bertz CT molecular complexity index is 326. The van der Waals surface area contributed by atoms with Crippen molar-refractivity contribution in [3.05, 3.63) is 17.5 Å². The zero-order chi connectivity index (χ0) is 10.7. The summed E-state index contributed by atoms with van der Waals surface area (Å²) >= 11 is 5.80. The van der Waals surface area contributed by atoms with Crippen molar-refractivity contribution < 1.29 is 5.11 Å². The van der Waals surface area contributed by atoms with Crippen LogP contribution in [0, 0.1) is 5.92 Å². The number of halogens is 1. The van der Waals surface area contributed by atoms with E-state index in [2.05, 4.69) is 14.9 Å². The van der Waals surface area contributed by atoms with Crippen LogP contribution in [0.1, 0.15) is 12.8 Å². The van der Waals surface area contributed by atoms with Crippen LogP contribution in [-0.2, 0) is 0 Å². The zero-order valence-electron chi connectivity index (χ0n) is 8.43. The zero-order valence-corrected chi connectivity index (χ0v) is 9.19. The number of aliphatic hydroxyl groups is 1. The van der Waals surface area contributed by atoms with E-state index in [1.54, 1.807) is 6.07 Å². The summed E-state index contributed by atoms with van der Waals surface area (Å²) in [5.74, 6) is 1.32. The third-order valence-electron chi connectivity index (χ3n) is 2.82. The number of rotatable bonds is 2. The van der Waals surface area contributed by atoms with Crippen molar-refractivity contribution in [1.82, 2.24) is 9.97 Å². The lowest BCUT2D eigenvalue weighted by atomic mass is 9.98. The van der Waals surface area contributed by atoms with Gasteiger partial charge in [0.1, 0.15) is 17.3 Å². The Hall–Kier alpha value is -0.870. The number of anilines is 1. The molecular weight excluding hydrogens is 214 g/mol. The lowest BCUT2D eigenvalue weighted by molar-refractivity contribution is 0.203. The van der Waals surface area contributed by atoms with E-state index in [9.17, 15) is 0 Å². The molecule has 5 heteroatoms. The topological polar surface area (TPSA) is 49.2 Å². The summed E-state index contributed by atoms with van der Waals surface area (Å²) < 4.78 is 0. The molecule has 4 nitrogen and oxygen atoms in total. The number of aliphatic hydroxyl groups excluding tert-OH is 1. The molecule has 2 heterocycles. The van der Waals surface area contributed by atoms with Crippen LogP contribution in [-0.4, -0.2) is 34.8 Å². The van der Waals surface area contributed by atoms with Crippen molar-refractivity contribution in [3.63, 3.8) is 0 Å². The van der Waals surface area contributed by atoms with Crippen LogP contribution in [0.15, 0.2) is 12.4 Å². The molecule has 2 rings (SSSR count). The minimum absolute atomic E-state index is 0.290. The highest BCUT2D eigenvalue weighted by Crippen LogP contribution is 2.22. The molecule has 0 aromatic carbocycles. The smallest absolute Gasteiger partial charge is 0.134 e. The fraction of sp³-hybridized carbons (Fsp3) is 0.600. The van der Waals surface area contributed by atoms with Gasteiger partial charge in [0.15, 0.2) is 0 Å². The van der Waals surface area contributed by atoms with Crippen molar-refractivity contribution in [3.8, 4) is 0 Å². The highest BCUT2D eigenvalue weighted by atomic mass is 35.5. The number of aromatic nitrogens is 2. The van der Waals surface area contributed by atoms with Crippen LogP contribution >= 0.6 is 11.6 Å². The quantitative estimate of drug-likeness (QED) is 0.775. The van der Waals surface area contributed by atoms with Gasteiger partial charge < -0.3 is 10.0 Å². The van der Waals surface area contributed by atoms with Crippen LogP contribution in [0.25, 0.3) is 0 Å². The lowest BCUT2D eigenvalue weighted by Crippen LogP contribution is -2.35. The maximum Gasteiger partial charge on any atom is 0.134 e. The minimum atomic E-state index is 0.290. The predicted octanol–water partition coefficient (Wildman–Crippen LogP) is 1.34. The molecule has 0 bridgehead atoms. The van der Waals surface area contributed by atoms with Crippen molar-refractivity contribution in [2.75, 3.05) is 24.6 Å². The first-order chi connectivity index (χ1) is 7.29. The standard InChI is InChI=1S/C10H14ClN3O/c11-9-5-10(13-7-12-9)14-3-1-8(6-15)2-4-14/h5,7-8,15H,1-4,6H2. The van der Waals surface area contributed by atoms with Gasteiger partial charge >= 0.3 is 0 Å². The first-order valence-electron chi connectivity index (χ1n) is 5.13. The van der Waals surface area contributed by atoms with Crippen LogP contribution in [0.5, 0.6) is 0 Å². The molecule has 15 heavy (non-hydrogen) atoms. The van der Waals surface area contributed by atoms with E-state index in [1.807, 2.05) is 0 Å². The third kappa shape index (κ3) is 2.58. The van der Waals surface area contributed by atoms with Gasteiger partial charge in [-0.25, -0.2) is 9.97 Å². The molecule has 1 aliphatic heterocycles. The molecule has 1 fully saturated rings. The van der Waals surface area contributed by atoms with E-state index >= 15 is 0 Å². The van der Waals surface area contributed by atoms with E-state index in [-0.39, 0.29) is 0 Å². The second-order valence-corrected chi connectivity index (χ2v) is 4.20. The maximum atomic E-state index is 9.03. The summed E-state index contributed by atoms with van der Waals surface area (Å²) in [7, 11) is 0. The second-order valence-electron chi connectivity index (χ2n) is 3.81. The van der Waals surface area contributed by atoms with E-state index in [0.29, 0.717) is 17.7 Å². The molecule has 1 saturated heterocycles. The minimum Gasteiger partial charge on any atom is -0.396 e. The second kappa shape index (κ2) is 4.77. The summed E-state index contributed by atoms with van der Waals surface area (Å²) in [6.07, 6.45) is 3.51. The van der Waals surface area contributed by atoms with Gasteiger partial charge in [-0.3, -0.25) is 0 Å². The molecule has 0 atom stereocenters. The monoisotopic (exact) mass is 227 g/mol. The van der Waals surface area contributed by atoms with E-state index in [1.165, 1.54) is 6.33 Å². The number of nitrogens with zero attached hydrogens (tertiary/aromatic N) is 3. The Kier molecular flexibility index (Phi) is 3.38. The van der Waals surface area contributed by atoms with E-state index < -0.39 is 0 Å². The van der Waals surface area contributed by atoms with E-state index in [4.69, 9.17) is 16.7 Å². The first-order valence-corrected chi connectivity index (χ1v) is 5.50. The molecule has 0 spiro atoms. The van der Waals surface area contributed by atoms with Crippen molar-refractivity contribution in [1.29, 1.82) is 0 Å². The summed E-state index contributed by atoms with van der Waals surface area (Å²) in [6.45, 7) is 2.15. The maximum absolute atomic E-state index is 9.03. The van der Waals surface area contributed by atoms with Gasteiger partial charge in [-0.1, -0.05) is 11.6 Å². The fourth-order valence-corrected chi connectivity index (χ4v) is 1.98. The van der Waals surface area contributed by atoms with Gasteiger partial charge in [-0.15, -0.1) is 0 Å². The Morgan fingerprint density at radius 1 is 1.40 bits per heavy atom. The number of hydrogen-bond acceptors (Lipinski definition) is 4. The van der Waals surface area contributed by atoms with Gasteiger partial charge in [-0.2, -0.15) is 0 Å². The van der Waals surface area contributed by atoms with Crippen LogP contribution in [0.2, 0.25) is 5.15 Å². The highest BCUT2D eigenvalue weighted by molar-refractivity contribution is 6.29. The van der Waals surface area contributed by atoms with Crippen LogP contribution < -0.4 is 4.90 Å². The molecular formula is C10H14ClN3O. The highest BCUT2D eigenvalue weighted by Gasteiger charge is 2.19. The number of hydrogen-bond donors (Lipinski definition) is 1. The van der Waals surface area contributed by atoms with Crippen LogP contribution in [0.3, 0.4) is 0 Å². The molecule has 1 N–H and O–H groups in total. The average Bonchev–Trinajstić information content (AvgIpc) is 2.29. The molecule has 82 valence electrons. The normalized spacial score (nSPS) is 18.1. The Balaban J connectivity index is 2.01. The average molecular weight is 228 g/mol. The number of piperidine rings is 1. The molecule has 1 aromatic heterocycles. The molecule has 0 saturated carbocycles. The van der Waals surface area contributed by atoms with Gasteiger partial charge in [0, 0.05) is 25.8 Å².